The fourth-order valence-electron chi connectivity index (χ4n) is 3.51. The van der Waals surface area contributed by atoms with Crippen LogP contribution in [0.2, 0.25) is 0 Å². The number of hydrogen-bond acceptors (Lipinski definition) is 6. The topological polar surface area (TPSA) is 97.1 Å². The van der Waals surface area contributed by atoms with Crippen LogP contribution in [-0.2, 0) is 10.3 Å². The number of rotatable bonds is 7. The molecule has 2 aromatic rings. The molecule has 0 unspecified atom stereocenters. The molecule has 1 aliphatic rings. The molecule has 7 nitrogen and oxygen atoms in total. The van der Waals surface area contributed by atoms with Gasteiger partial charge in [-0.25, -0.2) is 0 Å². The molecule has 1 aliphatic carbocycles. The van der Waals surface area contributed by atoms with Gasteiger partial charge in [-0.15, -0.1) is 0 Å². The number of hydrogen-bond donors (Lipinski definition) is 2. The Morgan fingerprint density at radius 3 is 2.67 bits per heavy atom. The third-order valence-corrected chi connectivity index (χ3v) is 5.62. The maximum atomic E-state index is 12.6. The molecule has 1 saturated carbocycles. The van der Waals surface area contributed by atoms with Crippen LogP contribution in [-0.4, -0.2) is 28.5 Å². The number of thiophene rings is 1. The number of nitrogens with zero attached hydrogens (tertiary/aromatic N) is 2. The molecule has 0 spiro atoms. The molecule has 2 amide bonds. The van der Waals surface area contributed by atoms with E-state index in [4.69, 9.17) is 4.52 Å². The highest BCUT2D eigenvalue weighted by Crippen LogP contribution is 2.34. The lowest BCUT2D eigenvalue weighted by Gasteiger charge is -2.30. The summed E-state index contributed by atoms with van der Waals surface area (Å²) in [6.07, 6.45) is 6.96. The zero-order valence-corrected chi connectivity index (χ0v) is 16.4. The van der Waals surface area contributed by atoms with Gasteiger partial charge in [0.25, 0.3) is 5.91 Å². The molecule has 0 aliphatic heterocycles. The van der Waals surface area contributed by atoms with Crippen LogP contribution in [0.4, 0.5) is 0 Å². The van der Waals surface area contributed by atoms with Gasteiger partial charge in [0.15, 0.2) is 5.82 Å². The first-order valence-corrected chi connectivity index (χ1v) is 10.5. The minimum atomic E-state index is -0.536. The SMILES string of the molecule is Cc1nc(C2(NC(=O)CCCNC(=O)c3ccsc3)CCCCCC2)no1. The standard InChI is InChI=1S/C19H26N4O3S/c1-14-21-18(23-26-14)19(9-4-2-3-5-10-19)22-16(24)7-6-11-20-17(25)15-8-12-27-13-15/h8,12-13H,2-7,9-11H2,1H3,(H,20,25)(H,22,24). The highest BCUT2D eigenvalue weighted by molar-refractivity contribution is 7.08. The van der Waals surface area contributed by atoms with Gasteiger partial charge in [-0.2, -0.15) is 16.3 Å². The Hall–Kier alpha value is -2.22. The van der Waals surface area contributed by atoms with Crippen molar-refractivity contribution in [3.63, 3.8) is 0 Å². The number of aryl methyl sites for hydroxylation is 1. The Bertz CT molecular complexity index is 749. The first kappa shape index (κ1) is 19.5. The minimum absolute atomic E-state index is 0.0378. The van der Waals surface area contributed by atoms with E-state index in [1.165, 1.54) is 11.3 Å². The van der Waals surface area contributed by atoms with Crippen LogP contribution >= 0.6 is 11.3 Å². The van der Waals surface area contributed by atoms with Crippen molar-refractivity contribution in [3.05, 3.63) is 34.1 Å². The van der Waals surface area contributed by atoms with Gasteiger partial charge in [0, 0.05) is 30.8 Å². The van der Waals surface area contributed by atoms with Gasteiger partial charge in [0.2, 0.25) is 11.8 Å². The molecule has 2 N–H and O–H groups in total. The minimum Gasteiger partial charge on any atom is -0.352 e. The molecule has 27 heavy (non-hydrogen) atoms. The molecule has 3 rings (SSSR count). The number of carbonyl (C=O) groups excluding carboxylic acids is 2. The van der Waals surface area contributed by atoms with Gasteiger partial charge in [0.05, 0.1) is 0 Å². The quantitative estimate of drug-likeness (QED) is 0.558. The van der Waals surface area contributed by atoms with E-state index >= 15 is 0 Å². The van der Waals surface area contributed by atoms with Crippen molar-refractivity contribution in [1.82, 2.24) is 20.8 Å². The summed E-state index contributed by atoms with van der Waals surface area (Å²) >= 11 is 1.49. The van der Waals surface area contributed by atoms with Crippen molar-refractivity contribution in [2.24, 2.45) is 0 Å². The zero-order valence-electron chi connectivity index (χ0n) is 15.6. The summed E-state index contributed by atoms with van der Waals surface area (Å²) in [5.41, 5.74) is 0.125. The lowest BCUT2D eigenvalue weighted by Crippen LogP contribution is -2.46. The third-order valence-electron chi connectivity index (χ3n) is 4.94. The van der Waals surface area contributed by atoms with Crippen LogP contribution in [0.1, 0.15) is 73.4 Å². The third kappa shape index (κ3) is 5.15. The van der Waals surface area contributed by atoms with Gasteiger partial charge in [-0.3, -0.25) is 9.59 Å². The summed E-state index contributed by atoms with van der Waals surface area (Å²) in [6, 6.07) is 1.79. The normalized spacial score (nSPS) is 16.5. The zero-order chi connectivity index (χ0) is 19.1. The average molecular weight is 391 g/mol. The first-order chi connectivity index (χ1) is 13.1. The molecule has 1 fully saturated rings. The van der Waals surface area contributed by atoms with Gasteiger partial charge in [-0.1, -0.05) is 30.8 Å². The largest absolute Gasteiger partial charge is 0.352 e. The van der Waals surface area contributed by atoms with Crippen molar-refractivity contribution in [2.75, 3.05) is 6.54 Å². The van der Waals surface area contributed by atoms with Crippen molar-refractivity contribution >= 4 is 23.2 Å². The number of carbonyl (C=O) groups is 2. The summed E-state index contributed by atoms with van der Waals surface area (Å²) in [5.74, 6) is 0.961. The summed E-state index contributed by atoms with van der Waals surface area (Å²) in [7, 11) is 0. The summed E-state index contributed by atoms with van der Waals surface area (Å²) in [6.45, 7) is 2.23. The Kier molecular flexibility index (Phi) is 6.60. The second kappa shape index (κ2) is 9.12. The average Bonchev–Trinajstić information content (AvgIpc) is 3.28. The molecule has 0 bridgehead atoms. The fraction of sp³-hybridized carbons (Fsp3) is 0.579. The Labute approximate surface area is 162 Å². The first-order valence-electron chi connectivity index (χ1n) is 9.51. The van der Waals surface area contributed by atoms with E-state index in [0.717, 1.165) is 38.5 Å². The van der Waals surface area contributed by atoms with Gasteiger partial charge in [-0.05, 0) is 30.7 Å². The summed E-state index contributed by atoms with van der Waals surface area (Å²) in [4.78, 5) is 28.9. The maximum Gasteiger partial charge on any atom is 0.252 e. The molecule has 0 radical (unpaired) electrons. The van der Waals surface area contributed by atoms with Crippen LogP contribution in [0.5, 0.6) is 0 Å². The molecule has 0 atom stereocenters. The molecular weight excluding hydrogens is 364 g/mol. The lowest BCUT2D eigenvalue weighted by atomic mass is 9.89. The molecule has 8 heteroatoms. The van der Waals surface area contributed by atoms with E-state index in [1.54, 1.807) is 13.0 Å². The lowest BCUT2D eigenvalue weighted by molar-refractivity contribution is -0.123. The van der Waals surface area contributed by atoms with Gasteiger partial charge >= 0.3 is 0 Å². The highest BCUT2D eigenvalue weighted by atomic mass is 32.1. The van der Waals surface area contributed by atoms with Crippen LogP contribution in [0.3, 0.4) is 0 Å². The van der Waals surface area contributed by atoms with E-state index in [0.29, 0.717) is 36.7 Å². The van der Waals surface area contributed by atoms with Crippen molar-refractivity contribution in [1.29, 1.82) is 0 Å². The Morgan fingerprint density at radius 1 is 1.26 bits per heavy atom. The van der Waals surface area contributed by atoms with Crippen LogP contribution in [0, 0.1) is 6.92 Å². The number of aromatic nitrogens is 2. The van der Waals surface area contributed by atoms with Crippen LogP contribution in [0.15, 0.2) is 21.3 Å². The van der Waals surface area contributed by atoms with Crippen LogP contribution in [0.25, 0.3) is 0 Å². The van der Waals surface area contributed by atoms with Crippen molar-refractivity contribution in [3.8, 4) is 0 Å². The van der Waals surface area contributed by atoms with E-state index < -0.39 is 5.54 Å². The fourth-order valence-corrected chi connectivity index (χ4v) is 4.14. The molecule has 0 aromatic carbocycles. The molecule has 2 aromatic heterocycles. The van der Waals surface area contributed by atoms with Crippen molar-refractivity contribution < 1.29 is 14.1 Å². The van der Waals surface area contributed by atoms with Gasteiger partial charge in [0.1, 0.15) is 5.54 Å². The Morgan fingerprint density at radius 2 is 2.04 bits per heavy atom. The number of amides is 2. The summed E-state index contributed by atoms with van der Waals surface area (Å²) < 4.78 is 5.17. The predicted octanol–water partition coefficient (Wildman–Crippen LogP) is 3.32. The maximum absolute atomic E-state index is 12.6. The molecule has 2 heterocycles. The predicted molar refractivity (Wildman–Crippen MR) is 102 cm³/mol. The highest BCUT2D eigenvalue weighted by Gasteiger charge is 2.38. The van der Waals surface area contributed by atoms with Crippen molar-refractivity contribution in [2.45, 2.75) is 63.8 Å². The second-order valence-electron chi connectivity index (χ2n) is 7.05. The number of nitrogens with one attached hydrogen (secondary N) is 2. The second-order valence-corrected chi connectivity index (χ2v) is 7.83. The van der Waals surface area contributed by atoms with Gasteiger partial charge < -0.3 is 15.2 Å². The van der Waals surface area contributed by atoms with E-state index in [9.17, 15) is 9.59 Å². The van der Waals surface area contributed by atoms with E-state index in [1.807, 2.05) is 10.8 Å². The monoisotopic (exact) mass is 390 g/mol. The van der Waals surface area contributed by atoms with E-state index in [-0.39, 0.29) is 11.8 Å². The van der Waals surface area contributed by atoms with E-state index in [2.05, 4.69) is 20.8 Å². The molecule has 0 saturated heterocycles. The molecular formula is C19H26N4O3S. The summed E-state index contributed by atoms with van der Waals surface area (Å²) in [5, 5.41) is 13.8. The smallest absolute Gasteiger partial charge is 0.252 e. The molecule has 146 valence electrons. The Balaban J connectivity index is 1.52. The van der Waals surface area contributed by atoms with Crippen LogP contribution < -0.4 is 10.6 Å².